The molecule has 1 N–H and O–H groups in total. The van der Waals surface area contributed by atoms with Gasteiger partial charge in [0.05, 0.1) is 4.90 Å². The number of nitrogens with one attached hydrogen (secondary N) is 1. The zero-order valence-electron chi connectivity index (χ0n) is 15.9. The molecule has 144 valence electrons. The third-order valence-corrected chi connectivity index (χ3v) is 6.76. The Morgan fingerprint density at radius 1 is 0.857 bits per heavy atom. The summed E-state index contributed by atoms with van der Waals surface area (Å²) in [5.74, 6) is 0. The van der Waals surface area contributed by atoms with Crippen molar-refractivity contribution in [3.63, 3.8) is 0 Å². The lowest BCUT2D eigenvalue weighted by molar-refractivity contribution is 0.314. The second-order valence-electron chi connectivity index (χ2n) is 7.23. The molecule has 1 aliphatic rings. The highest BCUT2D eigenvalue weighted by Crippen LogP contribution is 2.53. The van der Waals surface area contributed by atoms with Gasteiger partial charge >= 0.3 is 0 Å². The highest BCUT2D eigenvalue weighted by Gasteiger charge is 2.61. The maximum Gasteiger partial charge on any atom is 0.240 e. The van der Waals surface area contributed by atoms with Crippen molar-refractivity contribution in [3.8, 4) is 0 Å². The second kappa shape index (κ2) is 7.17. The number of hydrogen-bond acceptors (Lipinski definition) is 3. The standard InChI is InChI=1S/C23H23NO3S/c1-17-13-15-21(16-14-17)28(25,26)24-18(2)22-23(27-22,19-9-5-3-6-10-19)20-11-7-4-8-12-20/h3-16,18,22,24H,1-2H3/t18-,22+/m0/s1. The van der Waals surface area contributed by atoms with Crippen LogP contribution in [-0.4, -0.2) is 20.6 Å². The summed E-state index contributed by atoms with van der Waals surface area (Å²) in [5, 5.41) is 0. The van der Waals surface area contributed by atoms with Gasteiger partial charge < -0.3 is 4.74 Å². The number of hydrogen-bond donors (Lipinski definition) is 1. The fraction of sp³-hybridized carbons (Fsp3) is 0.217. The average Bonchev–Trinajstić information content (AvgIpc) is 3.47. The second-order valence-corrected chi connectivity index (χ2v) is 8.94. The maximum absolute atomic E-state index is 12.8. The Bertz CT molecular complexity index is 1010. The fourth-order valence-electron chi connectivity index (χ4n) is 3.72. The molecular formula is C23H23NO3S. The molecular weight excluding hydrogens is 370 g/mol. The minimum absolute atomic E-state index is 0.260. The molecule has 0 aromatic heterocycles. The normalized spacial score (nSPS) is 19.1. The Morgan fingerprint density at radius 3 is 1.86 bits per heavy atom. The van der Waals surface area contributed by atoms with Crippen molar-refractivity contribution in [1.29, 1.82) is 0 Å². The van der Waals surface area contributed by atoms with Crippen LogP contribution in [0.3, 0.4) is 0 Å². The number of rotatable bonds is 6. The summed E-state index contributed by atoms with van der Waals surface area (Å²) in [6.45, 7) is 3.78. The van der Waals surface area contributed by atoms with Crippen LogP contribution >= 0.6 is 0 Å². The van der Waals surface area contributed by atoms with E-state index in [9.17, 15) is 8.42 Å². The number of ether oxygens (including phenoxy) is 1. The van der Waals surface area contributed by atoms with Crippen LogP contribution in [0.4, 0.5) is 0 Å². The van der Waals surface area contributed by atoms with Gasteiger partial charge in [-0.15, -0.1) is 0 Å². The Labute approximate surface area is 166 Å². The minimum atomic E-state index is -3.63. The van der Waals surface area contributed by atoms with Gasteiger partial charge in [0.15, 0.2) is 0 Å². The van der Waals surface area contributed by atoms with Gasteiger partial charge in [-0.05, 0) is 37.1 Å². The number of epoxide rings is 1. The molecule has 2 atom stereocenters. The minimum Gasteiger partial charge on any atom is -0.354 e. The summed E-state index contributed by atoms with van der Waals surface area (Å²) in [4.78, 5) is 0.260. The molecule has 3 aromatic carbocycles. The lowest BCUT2D eigenvalue weighted by atomic mass is 9.86. The summed E-state index contributed by atoms with van der Waals surface area (Å²) >= 11 is 0. The van der Waals surface area contributed by atoms with Gasteiger partial charge in [-0.25, -0.2) is 13.1 Å². The Balaban J connectivity index is 1.63. The molecule has 0 spiro atoms. The lowest BCUT2D eigenvalue weighted by Crippen LogP contribution is -2.38. The molecule has 4 nitrogen and oxygen atoms in total. The molecule has 0 amide bonds. The molecule has 3 aromatic rings. The van der Waals surface area contributed by atoms with Crippen LogP contribution in [0, 0.1) is 6.92 Å². The molecule has 0 unspecified atom stereocenters. The van der Waals surface area contributed by atoms with Gasteiger partial charge in [0.1, 0.15) is 11.7 Å². The number of aryl methyl sites for hydroxylation is 1. The zero-order valence-corrected chi connectivity index (χ0v) is 16.7. The third-order valence-electron chi connectivity index (χ3n) is 5.19. The van der Waals surface area contributed by atoms with E-state index in [2.05, 4.69) is 4.72 Å². The van der Waals surface area contributed by atoms with Crippen molar-refractivity contribution >= 4 is 10.0 Å². The Hall–Kier alpha value is -2.47. The highest BCUT2D eigenvalue weighted by molar-refractivity contribution is 7.89. The van der Waals surface area contributed by atoms with E-state index in [1.807, 2.05) is 74.5 Å². The first kappa shape index (κ1) is 18.9. The average molecular weight is 394 g/mol. The predicted molar refractivity (Wildman–Crippen MR) is 109 cm³/mol. The van der Waals surface area contributed by atoms with Gasteiger partial charge in [0, 0.05) is 6.04 Å². The summed E-state index contributed by atoms with van der Waals surface area (Å²) in [5.41, 5.74) is 2.42. The quantitative estimate of drug-likeness (QED) is 0.644. The predicted octanol–water partition coefficient (Wildman–Crippen LogP) is 4.00. The molecule has 0 bridgehead atoms. The summed E-state index contributed by atoms with van der Waals surface area (Å²) in [6, 6.07) is 26.3. The molecule has 0 saturated carbocycles. The SMILES string of the molecule is Cc1ccc(S(=O)(=O)N[C@@H](C)[C@H]2OC2(c2ccccc2)c2ccccc2)cc1. The molecule has 1 heterocycles. The first-order chi connectivity index (χ1) is 13.4. The largest absolute Gasteiger partial charge is 0.354 e. The van der Waals surface area contributed by atoms with E-state index < -0.39 is 21.7 Å². The molecule has 5 heteroatoms. The summed E-state index contributed by atoms with van der Waals surface area (Å²) in [6.07, 6.45) is -0.294. The van der Waals surface area contributed by atoms with Crippen LogP contribution < -0.4 is 4.72 Å². The fourth-order valence-corrected chi connectivity index (χ4v) is 4.96. The van der Waals surface area contributed by atoms with Gasteiger partial charge in [-0.3, -0.25) is 0 Å². The Morgan fingerprint density at radius 2 is 1.36 bits per heavy atom. The topological polar surface area (TPSA) is 58.7 Å². The van der Waals surface area contributed by atoms with Crippen LogP contribution in [-0.2, 0) is 20.4 Å². The van der Waals surface area contributed by atoms with Crippen LogP contribution in [0.1, 0.15) is 23.6 Å². The van der Waals surface area contributed by atoms with Crippen LogP contribution in [0.15, 0.2) is 89.8 Å². The van der Waals surface area contributed by atoms with E-state index in [4.69, 9.17) is 4.74 Å². The van der Waals surface area contributed by atoms with Crippen molar-refractivity contribution in [1.82, 2.24) is 4.72 Å². The summed E-state index contributed by atoms with van der Waals surface area (Å²) < 4.78 is 34.6. The first-order valence-corrected chi connectivity index (χ1v) is 10.8. The highest BCUT2D eigenvalue weighted by atomic mass is 32.2. The van der Waals surface area contributed by atoms with E-state index in [-0.39, 0.29) is 11.0 Å². The molecule has 0 radical (unpaired) electrons. The van der Waals surface area contributed by atoms with Crippen molar-refractivity contribution < 1.29 is 13.2 Å². The molecule has 4 rings (SSSR count). The van der Waals surface area contributed by atoms with Gasteiger partial charge in [0.25, 0.3) is 0 Å². The monoisotopic (exact) mass is 393 g/mol. The lowest BCUT2D eigenvalue weighted by Gasteiger charge is -2.18. The van der Waals surface area contributed by atoms with Crippen LogP contribution in [0.2, 0.25) is 0 Å². The smallest absolute Gasteiger partial charge is 0.240 e. The van der Waals surface area contributed by atoms with Gasteiger partial charge in [-0.1, -0.05) is 78.4 Å². The van der Waals surface area contributed by atoms with Crippen molar-refractivity contribution in [2.45, 2.75) is 36.5 Å². The maximum atomic E-state index is 12.8. The van der Waals surface area contributed by atoms with Gasteiger partial charge in [-0.2, -0.15) is 0 Å². The van der Waals surface area contributed by atoms with Crippen molar-refractivity contribution in [2.24, 2.45) is 0 Å². The summed E-state index contributed by atoms with van der Waals surface area (Å²) in [7, 11) is -3.63. The van der Waals surface area contributed by atoms with E-state index >= 15 is 0 Å². The van der Waals surface area contributed by atoms with E-state index in [0.29, 0.717) is 0 Å². The Kier molecular flexibility index (Phi) is 4.83. The number of sulfonamides is 1. The number of benzene rings is 3. The van der Waals surface area contributed by atoms with Gasteiger partial charge in [0.2, 0.25) is 10.0 Å². The molecule has 28 heavy (non-hydrogen) atoms. The van der Waals surface area contributed by atoms with Crippen LogP contribution in [0.25, 0.3) is 0 Å². The van der Waals surface area contributed by atoms with Crippen LogP contribution in [0.5, 0.6) is 0 Å². The molecule has 1 saturated heterocycles. The van der Waals surface area contributed by atoms with E-state index in [1.54, 1.807) is 24.3 Å². The molecule has 0 aliphatic carbocycles. The van der Waals surface area contributed by atoms with E-state index in [1.165, 1.54) is 0 Å². The van der Waals surface area contributed by atoms with E-state index in [0.717, 1.165) is 16.7 Å². The molecule has 1 fully saturated rings. The zero-order chi connectivity index (χ0) is 19.8. The third kappa shape index (κ3) is 3.37. The molecule has 1 aliphatic heterocycles. The van der Waals surface area contributed by atoms with Crippen molar-refractivity contribution in [2.75, 3.05) is 0 Å². The first-order valence-electron chi connectivity index (χ1n) is 9.31. The van der Waals surface area contributed by atoms with Crippen molar-refractivity contribution in [3.05, 3.63) is 102 Å².